The minimum Gasteiger partial charge on any atom is -0.391 e. The molecule has 0 aliphatic heterocycles. The Bertz CT molecular complexity index is 397. The van der Waals surface area contributed by atoms with Crippen LogP contribution in [-0.4, -0.2) is 11.2 Å². The standard InChI is InChI=1S/C13H17Br2NO.ClH/c14-9-5-6-11(15)10(7-9)12(16)13(17)8-3-1-2-4-8;/h5-8,12-13,17H,1-4,16H2;1H/t12-,13+;/m1./s1. The Hall–Kier alpha value is 0.390. The second-order valence-corrected chi connectivity index (χ2v) is 6.50. The SMILES string of the molecule is Cl.N[C@H](c1cc(Br)ccc1Br)[C@@H](O)C1CCCC1. The van der Waals surface area contributed by atoms with Crippen LogP contribution in [0.4, 0.5) is 0 Å². The third-order valence-electron chi connectivity index (χ3n) is 3.57. The fraction of sp³-hybridized carbons (Fsp3) is 0.538. The summed E-state index contributed by atoms with van der Waals surface area (Å²) in [4.78, 5) is 0. The summed E-state index contributed by atoms with van der Waals surface area (Å²) >= 11 is 6.94. The number of hydrogen-bond donors (Lipinski definition) is 2. The lowest BCUT2D eigenvalue weighted by Gasteiger charge is -2.25. The van der Waals surface area contributed by atoms with E-state index in [2.05, 4.69) is 31.9 Å². The van der Waals surface area contributed by atoms with Gasteiger partial charge in [-0.25, -0.2) is 0 Å². The molecule has 1 aromatic rings. The van der Waals surface area contributed by atoms with Crippen LogP contribution in [0, 0.1) is 5.92 Å². The fourth-order valence-electron chi connectivity index (χ4n) is 2.55. The van der Waals surface area contributed by atoms with Crippen molar-refractivity contribution < 1.29 is 5.11 Å². The zero-order valence-corrected chi connectivity index (χ0v) is 14.0. The van der Waals surface area contributed by atoms with Gasteiger partial charge in [0, 0.05) is 8.95 Å². The van der Waals surface area contributed by atoms with Crippen molar-refractivity contribution in [2.75, 3.05) is 0 Å². The number of aliphatic hydroxyl groups excluding tert-OH is 1. The van der Waals surface area contributed by atoms with Gasteiger partial charge < -0.3 is 10.8 Å². The van der Waals surface area contributed by atoms with Gasteiger partial charge in [-0.05, 0) is 42.5 Å². The zero-order valence-electron chi connectivity index (χ0n) is 9.98. The van der Waals surface area contributed by atoms with E-state index in [1.807, 2.05) is 18.2 Å². The Morgan fingerprint density at radius 1 is 1.22 bits per heavy atom. The largest absolute Gasteiger partial charge is 0.391 e. The van der Waals surface area contributed by atoms with E-state index < -0.39 is 6.10 Å². The lowest BCUT2D eigenvalue weighted by molar-refractivity contribution is 0.0842. The summed E-state index contributed by atoms with van der Waals surface area (Å²) in [6.45, 7) is 0. The number of aliphatic hydroxyl groups is 1. The summed E-state index contributed by atoms with van der Waals surface area (Å²) in [5.41, 5.74) is 7.16. The molecule has 1 saturated carbocycles. The molecule has 2 nitrogen and oxygen atoms in total. The summed E-state index contributed by atoms with van der Waals surface area (Å²) < 4.78 is 1.95. The van der Waals surface area contributed by atoms with Crippen molar-refractivity contribution in [2.24, 2.45) is 11.7 Å². The number of nitrogens with two attached hydrogens (primary N) is 1. The van der Waals surface area contributed by atoms with Crippen LogP contribution in [-0.2, 0) is 0 Å². The van der Waals surface area contributed by atoms with E-state index in [0.717, 1.165) is 27.4 Å². The van der Waals surface area contributed by atoms with Gasteiger partial charge in [-0.1, -0.05) is 44.7 Å². The van der Waals surface area contributed by atoms with Gasteiger partial charge in [0.25, 0.3) is 0 Å². The molecule has 1 aromatic carbocycles. The molecule has 0 heterocycles. The summed E-state index contributed by atoms with van der Waals surface area (Å²) in [5.74, 6) is 0.357. The topological polar surface area (TPSA) is 46.2 Å². The first-order valence-electron chi connectivity index (χ1n) is 5.98. The summed E-state index contributed by atoms with van der Waals surface area (Å²) in [7, 11) is 0. The maximum Gasteiger partial charge on any atom is 0.0761 e. The average Bonchev–Trinajstić information content (AvgIpc) is 2.84. The van der Waals surface area contributed by atoms with Gasteiger partial charge in [0.15, 0.2) is 0 Å². The van der Waals surface area contributed by atoms with E-state index >= 15 is 0 Å². The average molecular weight is 400 g/mol. The first-order valence-corrected chi connectivity index (χ1v) is 7.57. The highest BCUT2D eigenvalue weighted by molar-refractivity contribution is 9.11. The second-order valence-electron chi connectivity index (χ2n) is 4.73. The smallest absolute Gasteiger partial charge is 0.0761 e. The van der Waals surface area contributed by atoms with E-state index in [0.29, 0.717) is 5.92 Å². The lowest BCUT2D eigenvalue weighted by Crippen LogP contribution is -2.32. The maximum absolute atomic E-state index is 10.3. The summed E-state index contributed by atoms with van der Waals surface area (Å²) in [6.07, 6.45) is 4.19. The summed E-state index contributed by atoms with van der Waals surface area (Å²) in [5, 5.41) is 10.3. The molecule has 0 spiro atoms. The molecule has 18 heavy (non-hydrogen) atoms. The molecular weight excluding hydrogens is 381 g/mol. The highest BCUT2D eigenvalue weighted by Gasteiger charge is 2.29. The Kier molecular flexibility index (Phi) is 6.62. The zero-order chi connectivity index (χ0) is 12.4. The molecule has 2 rings (SSSR count). The van der Waals surface area contributed by atoms with Crippen LogP contribution in [0.2, 0.25) is 0 Å². The van der Waals surface area contributed by atoms with Crippen LogP contribution in [0.3, 0.4) is 0 Å². The van der Waals surface area contributed by atoms with Gasteiger partial charge in [0.2, 0.25) is 0 Å². The van der Waals surface area contributed by atoms with Crippen molar-refractivity contribution in [3.8, 4) is 0 Å². The van der Waals surface area contributed by atoms with Crippen LogP contribution in [0.1, 0.15) is 37.3 Å². The lowest BCUT2D eigenvalue weighted by atomic mass is 9.91. The predicted octanol–water partition coefficient (Wildman–Crippen LogP) is 4.18. The van der Waals surface area contributed by atoms with Crippen LogP contribution >= 0.6 is 44.3 Å². The molecule has 0 amide bonds. The highest BCUT2D eigenvalue weighted by atomic mass is 79.9. The van der Waals surface area contributed by atoms with Crippen LogP contribution in [0.25, 0.3) is 0 Å². The molecule has 1 aliphatic carbocycles. The first-order chi connectivity index (χ1) is 8.09. The number of hydrogen-bond acceptors (Lipinski definition) is 2. The molecule has 1 fully saturated rings. The van der Waals surface area contributed by atoms with E-state index in [-0.39, 0.29) is 18.4 Å². The maximum atomic E-state index is 10.3. The van der Waals surface area contributed by atoms with Gasteiger partial charge in [-0.2, -0.15) is 0 Å². The third-order valence-corrected chi connectivity index (χ3v) is 4.78. The molecule has 3 N–H and O–H groups in total. The number of benzene rings is 1. The van der Waals surface area contributed by atoms with Crippen molar-refractivity contribution >= 4 is 44.3 Å². The third kappa shape index (κ3) is 3.70. The summed E-state index contributed by atoms with van der Waals surface area (Å²) in [6, 6.07) is 5.58. The molecule has 102 valence electrons. The van der Waals surface area contributed by atoms with Crippen LogP contribution in [0.15, 0.2) is 27.1 Å². The molecule has 0 saturated heterocycles. The number of halogens is 3. The molecule has 0 bridgehead atoms. The van der Waals surface area contributed by atoms with E-state index in [4.69, 9.17) is 5.73 Å². The first kappa shape index (κ1) is 16.4. The Labute approximate surface area is 131 Å². The van der Waals surface area contributed by atoms with Crippen molar-refractivity contribution in [1.29, 1.82) is 0 Å². The van der Waals surface area contributed by atoms with Crippen molar-refractivity contribution in [2.45, 2.75) is 37.8 Å². The van der Waals surface area contributed by atoms with Crippen LogP contribution < -0.4 is 5.73 Å². The predicted molar refractivity (Wildman–Crippen MR) is 84.0 cm³/mol. The normalized spacial score (nSPS) is 19.3. The second kappa shape index (κ2) is 7.25. The molecule has 0 radical (unpaired) electrons. The minimum absolute atomic E-state index is 0. The highest BCUT2D eigenvalue weighted by Crippen LogP contribution is 2.35. The van der Waals surface area contributed by atoms with Gasteiger partial charge in [-0.3, -0.25) is 0 Å². The van der Waals surface area contributed by atoms with E-state index in [1.54, 1.807) is 0 Å². The van der Waals surface area contributed by atoms with Crippen molar-refractivity contribution in [3.05, 3.63) is 32.7 Å². The Morgan fingerprint density at radius 2 is 1.83 bits per heavy atom. The molecule has 0 unspecified atom stereocenters. The minimum atomic E-state index is -0.442. The Balaban J connectivity index is 0.00000162. The van der Waals surface area contributed by atoms with Crippen LogP contribution in [0.5, 0.6) is 0 Å². The van der Waals surface area contributed by atoms with Gasteiger partial charge >= 0.3 is 0 Å². The van der Waals surface area contributed by atoms with E-state index in [9.17, 15) is 5.11 Å². The number of rotatable bonds is 3. The fourth-order valence-corrected chi connectivity index (χ4v) is 3.44. The van der Waals surface area contributed by atoms with Gasteiger partial charge in [-0.15, -0.1) is 12.4 Å². The van der Waals surface area contributed by atoms with Crippen molar-refractivity contribution in [1.82, 2.24) is 0 Å². The van der Waals surface area contributed by atoms with Gasteiger partial charge in [0.05, 0.1) is 12.1 Å². The molecule has 0 aromatic heterocycles. The molecule has 5 heteroatoms. The Morgan fingerprint density at radius 3 is 2.44 bits per heavy atom. The van der Waals surface area contributed by atoms with E-state index in [1.165, 1.54) is 12.8 Å². The molecule has 2 atom stereocenters. The monoisotopic (exact) mass is 397 g/mol. The van der Waals surface area contributed by atoms with Gasteiger partial charge in [0.1, 0.15) is 0 Å². The van der Waals surface area contributed by atoms with Crippen molar-refractivity contribution in [3.63, 3.8) is 0 Å². The molecular formula is C13H18Br2ClNO. The quantitative estimate of drug-likeness (QED) is 0.801. The molecule has 1 aliphatic rings.